The third-order valence-electron chi connectivity index (χ3n) is 3.55. The number of hydrogen-bond acceptors (Lipinski definition) is 2. The number of aryl methyl sites for hydroxylation is 1. The molecule has 0 aliphatic heterocycles. The summed E-state index contributed by atoms with van der Waals surface area (Å²) in [5, 5.41) is 6.20. The minimum atomic E-state index is -0.674. The predicted octanol–water partition coefficient (Wildman–Crippen LogP) is 2.73. The normalized spacial score (nSPS) is 10.5. The number of hydrogen-bond donors (Lipinski definition) is 3. The van der Waals surface area contributed by atoms with Crippen molar-refractivity contribution in [2.45, 2.75) is 13.5 Å². The number of aromatic amines is 1. The van der Waals surface area contributed by atoms with Crippen molar-refractivity contribution in [3.05, 3.63) is 65.9 Å². The summed E-state index contributed by atoms with van der Waals surface area (Å²) in [6.07, 6.45) is 1.82. The van der Waals surface area contributed by atoms with Crippen LogP contribution in [0.5, 0.6) is 0 Å². The van der Waals surface area contributed by atoms with Gasteiger partial charge in [0.2, 0.25) is 0 Å². The minimum Gasteiger partial charge on any atom is -0.361 e. The quantitative estimate of drug-likeness (QED) is 0.651. The number of fused-ring (bicyclic) bond motifs is 1. The van der Waals surface area contributed by atoms with Crippen LogP contribution in [0, 0.1) is 6.92 Å². The number of carbonyl (C=O) groups is 2. The number of aromatic nitrogens is 1. The molecule has 23 heavy (non-hydrogen) atoms. The highest BCUT2D eigenvalue weighted by atomic mass is 16.2. The molecule has 116 valence electrons. The van der Waals surface area contributed by atoms with Gasteiger partial charge in [0.05, 0.1) is 0 Å². The van der Waals surface area contributed by atoms with E-state index in [9.17, 15) is 9.59 Å². The minimum absolute atomic E-state index is 0.324. The van der Waals surface area contributed by atoms with Crippen molar-refractivity contribution in [1.29, 1.82) is 0 Å². The molecule has 0 radical (unpaired) electrons. The van der Waals surface area contributed by atoms with Crippen molar-refractivity contribution < 1.29 is 9.59 Å². The molecule has 0 saturated heterocycles. The average molecular weight is 307 g/mol. The Labute approximate surface area is 133 Å². The average Bonchev–Trinajstić information content (AvgIpc) is 3.00. The molecule has 0 atom stereocenters. The maximum atomic E-state index is 11.9. The van der Waals surface area contributed by atoms with Gasteiger partial charge in [-0.15, -0.1) is 0 Å². The van der Waals surface area contributed by atoms with Gasteiger partial charge >= 0.3 is 11.8 Å². The zero-order valence-electron chi connectivity index (χ0n) is 12.7. The second-order valence-corrected chi connectivity index (χ2v) is 5.41. The fraction of sp³-hybridized carbons (Fsp3) is 0.111. The maximum absolute atomic E-state index is 11.9. The largest absolute Gasteiger partial charge is 0.361 e. The summed E-state index contributed by atoms with van der Waals surface area (Å²) in [6, 6.07) is 15.1. The van der Waals surface area contributed by atoms with Crippen molar-refractivity contribution in [1.82, 2.24) is 10.3 Å². The monoisotopic (exact) mass is 307 g/mol. The van der Waals surface area contributed by atoms with Gasteiger partial charge in [-0.2, -0.15) is 0 Å². The SMILES string of the molecule is Cc1cccc(CNC(=O)C(=O)Nc2ccc3[nH]ccc3c2)c1. The topological polar surface area (TPSA) is 74.0 Å². The molecule has 5 nitrogen and oxygen atoms in total. The van der Waals surface area contributed by atoms with E-state index in [0.29, 0.717) is 12.2 Å². The van der Waals surface area contributed by atoms with Crippen LogP contribution in [0.1, 0.15) is 11.1 Å². The van der Waals surface area contributed by atoms with Crippen LogP contribution in [0.3, 0.4) is 0 Å². The van der Waals surface area contributed by atoms with Gasteiger partial charge in [-0.25, -0.2) is 0 Å². The van der Waals surface area contributed by atoms with Gasteiger partial charge in [-0.3, -0.25) is 9.59 Å². The Morgan fingerprint density at radius 3 is 2.74 bits per heavy atom. The molecule has 1 heterocycles. The lowest BCUT2D eigenvalue weighted by atomic mass is 10.1. The Bertz CT molecular complexity index is 867. The number of anilines is 1. The highest BCUT2D eigenvalue weighted by molar-refractivity contribution is 6.39. The lowest BCUT2D eigenvalue weighted by Gasteiger charge is -2.07. The van der Waals surface area contributed by atoms with Gasteiger partial charge < -0.3 is 15.6 Å². The number of nitrogens with one attached hydrogen (secondary N) is 3. The number of amides is 2. The first kappa shape index (κ1) is 14.8. The molecule has 0 fully saturated rings. The molecule has 0 unspecified atom stereocenters. The van der Waals surface area contributed by atoms with E-state index in [1.165, 1.54) is 0 Å². The van der Waals surface area contributed by atoms with Crippen LogP contribution in [-0.4, -0.2) is 16.8 Å². The van der Waals surface area contributed by atoms with E-state index < -0.39 is 11.8 Å². The summed E-state index contributed by atoms with van der Waals surface area (Å²) < 4.78 is 0. The molecule has 0 spiro atoms. The number of rotatable bonds is 3. The summed E-state index contributed by atoms with van der Waals surface area (Å²) >= 11 is 0. The third kappa shape index (κ3) is 3.58. The Morgan fingerprint density at radius 2 is 1.91 bits per heavy atom. The predicted molar refractivity (Wildman–Crippen MR) is 90.0 cm³/mol. The van der Waals surface area contributed by atoms with Crippen LogP contribution in [0.4, 0.5) is 5.69 Å². The first-order chi connectivity index (χ1) is 11.1. The zero-order valence-corrected chi connectivity index (χ0v) is 12.7. The summed E-state index contributed by atoms with van der Waals surface area (Å²) in [7, 11) is 0. The second-order valence-electron chi connectivity index (χ2n) is 5.41. The highest BCUT2D eigenvalue weighted by Crippen LogP contribution is 2.17. The van der Waals surface area contributed by atoms with Crippen LogP contribution < -0.4 is 10.6 Å². The fourth-order valence-corrected chi connectivity index (χ4v) is 2.40. The fourth-order valence-electron chi connectivity index (χ4n) is 2.40. The van der Waals surface area contributed by atoms with Gasteiger partial charge in [0.25, 0.3) is 0 Å². The standard InChI is InChI=1S/C18H17N3O2/c1-12-3-2-4-13(9-12)11-20-17(22)18(23)21-15-5-6-16-14(10-15)7-8-19-16/h2-10,19H,11H2,1H3,(H,20,22)(H,21,23). The Balaban J connectivity index is 1.59. The molecule has 0 bridgehead atoms. The summed E-state index contributed by atoms with van der Waals surface area (Å²) in [5.41, 5.74) is 3.64. The Hall–Kier alpha value is -3.08. The van der Waals surface area contributed by atoms with Crippen molar-refractivity contribution in [3.63, 3.8) is 0 Å². The lowest BCUT2D eigenvalue weighted by Crippen LogP contribution is -2.34. The lowest BCUT2D eigenvalue weighted by molar-refractivity contribution is -0.136. The second kappa shape index (κ2) is 6.36. The molecule has 0 saturated carbocycles. The van der Waals surface area contributed by atoms with E-state index in [-0.39, 0.29) is 0 Å². The number of benzene rings is 2. The van der Waals surface area contributed by atoms with Gasteiger partial charge in [0, 0.05) is 29.3 Å². The molecule has 0 aliphatic carbocycles. The van der Waals surface area contributed by atoms with Crippen molar-refractivity contribution in [3.8, 4) is 0 Å². The number of H-pyrrole nitrogens is 1. The van der Waals surface area contributed by atoms with Crippen LogP contribution in [0.25, 0.3) is 10.9 Å². The van der Waals surface area contributed by atoms with E-state index in [1.54, 1.807) is 6.07 Å². The number of carbonyl (C=O) groups excluding carboxylic acids is 2. The van der Waals surface area contributed by atoms with E-state index >= 15 is 0 Å². The van der Waals surface area contributed by atoms with Crippen LogP contribution in [-0.2, 0) is 16.1 Å². The summed E-state index contributed by atoms with van der Waals surface area (Å²) in [4.78, 5) is 26.9. The zero-order chi connectivity index (χ0) is 16.2. The molecule has 5 heteroatoms. The first-order valence-corrected chi connectivity index (χ1v) is 7.34. The van der Waals surface area contributed by atoms with Gasteiger partial charge in [0.15, 0.2) is 0 Å². The highest BCUT2D eigenvalue weighted by Gasteiger charge is 2.13. The smallest absolute Gasteiger partial charge is 0.313 e. The molecular formula is C18H17N3O2. The molecule has 0 aliphatic rings. The van der Waals surface area contributed by atoms with Gasteiger partial charge in [0.1, 0.15) is 0 Å². The van der Waals surface area contributed by atoms with Crippen LogP contribution >= 0.6 is 0 Å². The van der Waals surface area contributed by atoms with Gasteiger partial charge in [-0.05, 0) is 36.8 Å². The Kier molecular flexibility index (Phi) is 4.10. The summed E-state index contributed by atoms with van der Waals surface area (Å²) in [5.74, 6) is -1.33. The molecule has 3 aromatic rings. The molecule has 2 amide bonds. The van der Waals surface area contributed by atoms with E-state index in [2.05, 4.69) is 15.6 Å². The van der Waals surface area contributed by atoms with Crippen molar-refractivity contribution >= 4 is 28.4 Å². The van der Waals surface area contributed by atoms with Crippen LogP contribution in [0.2, 0.25) is 0 Å². The van der Waals surface area contributed by atoms with Crippen molar-refractivity contribution in [2.75, 3.05) is 5.32 Å². The maximum Gasteiger partial charge on any atom is 0.313 e. The molecule has 1 aromatic heterocycles. The van der Waals surface area contributed by atoms with E-state index in [4.69, 9.17) is 0 Å². The summed E-state index contributed by atoms with van der Waals surface area (Å²) in [6.45, 7) is 2.31. The molecule has 3 N–H and O–H groups in total. The van der Waals surface area contributed by atoms with Crippen LogP contribution in [0.15, 0.2) is 54.7 Å². The first-order valence-electron chi connectivity index (χ1n) is 7.34. The van der Waals surface area contributed by atoms with Crippen molar-refractivity contribution in [2.24, 2.45) is 0 Å². The molecule has 2 aromatic carbocycles. The van der Waals surface area contributed by atoms with E-state index in [0.717, 1.165) is 22.0 Å². The van der Waals surface area contributed by atoms with Gasteiger partial charge in [-0.1, -0.05) is 29.8 Å². The molecular weight excluding hydrogens is 290 g/mol. The Morgan fingerprint density at radius 1 is 1.04 bits per heavy atom. The third-order valence-corrected chi connectivity index (χ3v) is 3.55. The van der Waals surface area contributed by atoms with E-state index in [1.807, 2.05) is 55.6 Å². The molecule has 3 rings (SSSR count).